The van der Waals surface area contributed by atoms with E-state index >= 15 is 0 Å². The van der Waals surface area contributed by atoms with E-state index in [1.807, 2.05) is 13.8 Å². The van der Waals surface area contributed by atoms with Gasteiger partial charge in [0.05, 0.1) is 18.8 Å². The summed E-state index contributed by atoms with van der Waals surface area (Å²) in [4.78, 5) is 11.1. The number of esters is 1. The van der Waals surface area contributed by atoms with E-state index in [1.165, 1.54) is 0 Å². The Labute approximate surface area is 103 Å². The van der Waals surface area contributed by atoms with E-state index in [1.54, 1.807) is 0 Å². The number of hydrogen-bond acceptors (Lipinski definition) is 4. The molecule has 3 atom stereocenters. The van der Waals surface area contributed by atoms with E-state index in [4.69, 9.17) is 9.47 Å². The normalized spacial score (nSPS) is 25.8. The Hall–Kier alpha value is -0.610. The third-order valence-electron chi connectivity index (χ3n) is 3.26. The SMILES string of the molecule is CCOC(=O)CCC[C@@H]1CO[C@@H]([C@@H](O)CC)C1. The van der Waals surface area contributed by atoms with Gasteiger partial charge in [-0.15, -0.1) is 0 Å². The molecule has 17 heavy (non-hydrogen) atoms. The molecule has 0 radical (unpaired) electrons. The third-order valence-corrected chi connectivity index (χ3v) is 3.26. The van der Waals surface area contributed by atoms with Crippen molar-refractivity contribution >= 4 is 5.97 Å². The molecule has 0 aromatic rings. The summed E-state index contributed by atoms with van der Waals surface area (Å²) in [6, 6.07) is 0. The highest BCUT2D eigenvalue weighted by molar-refractivity contribution is 5.69. The lowest BCUT2D eigenvalue weighted by atomic mass is 9.96. The summed E-state index contributed by atoms with van der Waals surface area (Å²) < 4.78 is 10.4. The van der Waals surface area contributed by atoms with E-state index in [0.717, 1.165) is 25.7 Å². The average molecular weight is 244 g/mol. The molecule has 1 heterocycles. The van der Waals surface area contributed by atoms with Crippen LogP contribution in [0.5, 0.6) is 0 Å². The van der Waals surface area contributed by atoms with Crippen LogP contribution in [0.25, 0.3) is 0 Å². The van der Waals surface area contributed by atoms with Crippen LogP contribution in [0.2, 0.25) is 0 Å². The van der Waals surface area contributed by atoms with Crippen LogP contribution in [-0.4, -0.2) is 36.5 Å². The molecule has 0 aromatic heterocycles. The van der Waals surface area contributed by atoms with Gasteiger partial charge in [0.2, 0.25) is 0 Å². The summed E-state index contributed by atoms with van der Waals surface area (Å²) in [5.41, 5.74) is 0. The van der Waals surface area contributed by atoms with Crippen molar-refractivity contribution in [3.8, 4) is 0 Å². The topological polar surface area (TPSA) is 55.8 Å². The standard InChI is InChI=1S/C13H24O4/c1-3-11(14)12-8-10(9-17-12)6-5-7-13(15)16-4-2/h10-12,14H,3-9H2,1-2H3/t10-,11-,12+/m0/s1. The van der Waals surface area contributed by atoms with Crippen molar-refractivity contribution in [3.05, 3.63) is 0 Å². The number of hydrogen-bond donors (Lipinski definition) is 1. The number of aliphatic hydroxyl groups excluding tert-OH is 1. The van der Waals surface area contributed by atoms with Crippen molar-refractivity contribution in [2.45, 2.75) is 58.2 Å². The Morgan fingerprint density at radius 2 is 2.29 bits per heavy atom. The highest BCUT2D eigenvalue weighted by Crippen LogP contribution is 2.27. The van der Waals surface area contributed by atoms with Gasteiger partial charge in [-0.05, 0) is 38.5 Å². The molecular weight excluding hydrogens is 220 g/mol. The van der Waals surface area contributed by atoms with Gasteiger partial charge in [-0.1, -0.05) is 6.92 Å². The molecule has 0 amide bonds. The molecule has 0 unspecified atom stereocenters. The Kier molecular flexibility index (Phi) is 6.52. The lowest BCUT2D eigenvalue weighted by molar-refractivity contribution is -0.143. The first kappa shape index (κ1) is 14.5. The van der Waals surface area contributed by atoms with Gasteiger partial charge in [-0.2, -0.15) is 0 Å². The van der Waals surface area contributed by atoms with Crippen LogP contribution in [0.15, 0.2) is 0 Å². The molecule has 0 spiro atoms. The minimum atomic E-state index is -0.343. The molecular formula is C13H24O4. The predicted octanol–water partition coefficient (Wildman–Crippen LogP) is 1.90. The second kappa shape index (κ2) is 7.67. The number of ether oxygens (including phenoxy) is 2. The summed E-state index contributed by atoms with van der Waals surface area (Å²) in [5.74, 6) is 0.368. The lowest BCUT2D eigenvalue weighted by Crippen LogP contribution is -2.24. The minimum Gasteiger partial charge on any atom is -0.466 e. The van der Waals surface area contributed by atoms with Gasteiger partial charge in [-0.3, -0.25) is 4.79 Å². The number of rotatable bonds is 7. The first-order chi connectivity index (χ1) is 8.17. The van der Waals surface area contributed by atoms with Gasteiger partial charge >= 0.3 is 5.97 Å². The van der Waals surface area contributed by atoms with Gasteiger partial charge < -0.3 is 14.6 Å². The van der Waals surface area contributed by atoms with Crippen molar-refractivity contribution in [3.63, 3.8) is 0 Å². The molecule has 0 aliphatic carbocycles. The van der Waals surface area contributed by atoms with Gasteiger partial charge in [0.25, 0.3) is 0 Å². The van der Waals surface area contributed by atoms with E-state index in [0.29, 0.717) is 25.6 Å². The van der Waals surface area contributed by atoms with Gasteiger partial charge in [0, 0.05) is 13.0 Å². The average Bonchev–Trinajstić information content (AvgIpc) is 2.77. The molecule has 100 valence electrons. The smallest absolute Gasteiger partial charge is 0.305 e. The van der Waals surface area contributed by atoms with Crippen LogP contribution in [0.4, 0.5) is 0 Å². The van der Waals surface area contributed by atoms with Crippen LogP contribution < -0.4 is 0 Å². The first-order valence-electron chi connectivity index (χ1n) is 6.62. The van der Waals surface area contributed by atoms with Crippen molar-refractivity contribution in [1.82, 2.24) is 0 Å². The zero-order chi connectivity index (χ0) is 12.7. The maximum Gasteiger partial charge on any atom is 0.305 e. The first-order valence-corrected chi connectivity index (χ1v) is 6.62. The van der Waals surface area contributed by atoms with E-state index in [-0.39, 0.29) is 18.2 Å². The second-order valence-corrected chi connectivity index (χ2v) is 4.65. The Balaban J connectivity index is 2.12. The zero-order valence-corrected chi connectivity index (χ0v) is 10.9. The maximum atomic E-state index is 11.1. The van der Waals surface area contributed by atoms with Crippen LogP contribution in [0, 0.1) is 5.92 Å². The molecule has 1 aliphatic rings. The monoisotopic (exact) mass is 244 g/mol. The van der Waals surface area contributed by atoms with Crippen molar-refractivity contribution < 1.29 is 19.4 Å². The quantitative estimate of drug-likeness (QED) is 0.695. The fraction of sp³-hybridized carbons (Fsp3) is 0.923. The minimum absolute atomic E-state index is 0.00686. The summed E-state index contributed by atoms with van der Waals surface area (Å²) in [7, 11) is 0. The lowest BCUT2D eigenvalue weighted by Gasteiger charge is -2.15. The van der Waals surface area contributed by atoms with Crippen LogP contribution in [0.3, 0.4) is 0 Å². The van der Waals surface area contributed by atoms with Crippen molar-refractivity contribution in [2.24, 2.45) is 5.92 Å². The number of carbonyl (C=O) groups excluding carboxylic acids is 1. The molecule has 0 saturated carbocycles. The van der Waals surface area contributed by atoms with Gasteiger partial charge in [-0.25, -0.2) is 0 Å². The molecule has 1 saturated heterocycles. The van der Waals surface area contributed by atoms with E-state index < -0.39 is 0 Å². The predicted molar refractivity (Wildman–Crippen MR) is 64.6 cm³/mol. The van der Waals surface area contributed by atoms with Crippen LogP contribution in [-0.2, 0) is 14.3 Å². The summed E-state index contributed by atoms with van der Waals surface area (Å²) in [6.07, 6.45) is 3.62. The van der Waals surface area contributed by atoms with Gasteiger partial charge in [0.15, 0.2) is 0 Å². The van der Waals surface area contributed by atoms with Crippen molar-refractivity contribution in [1.29, 1.82) is 0 Å². The summed E-state index contributed by atoms with van der Waals surface area (Å²) in [5, 5.41) is 9.66. The molecule has 1 fully saturated rings. The molecule has 1 rings (SSSR count). The number of aliphatic hydroxyl groups is 1. The second-order valence-electron chi connectivity index (χ2n) is 4.65. The maximum absolute atomic E-state index is 11.1. The fourth-order valence-electron chi connectivity index (χ4n) is 2.22. The molecule has 4 nitrogen and oxygen atoms in total. The highest BCUT2D eigenvalue weighted by Gasteiger charge is 2.29. The van der Waals surface area contributed by atoms with E-state index in [9.17, 15) is 9.90 Å². The summed E-state index contributed by atoms with van der Waals surface area (Å²) in [6.45, 7) is 4.95. The molecule has 0 aromatic carbocycles. The fourth-order valence-corrected chi connectivity index (χ4v) is 2.22. The molecule has 1 N–H and O–H groups in total. The van der Waals surface area contributed by atoms with Crippen LogP contribution >= 0.6 is 0 Å². The number of carbonyl (C=O) groups is 1. The highest BCUT2D eigenvalue weighted by atomic mass is 16.5. The third kappa shape index (κ3) is 5.04. The Morgan fingerprint density at radius 1 is 1.53 bits per heavy atom. The van der Waals surface area contributed by atoms with Gasteiger partial charge in [0.1, 0.15) is 0 Å². The molecule has 0 bridgehead atoms. The van der Waals surface area contributed by atoms with E-state index in [2.05, 4.69) is 0 Å². The zero-order valence-electron chi connectivity index (χ0n) is 10.9. The Morgan fingerprint density at radius 3 is 2.94 bits per heavy atom. The van der Waals surface area contributed by atoms with Crippen molar-refractivity contribution in [2.75, 3.05) is 13.2 Å². The molecule has 4 heteroatoms. The largest absolute Gasteiger partial charge is 0.466 e. The Bertz CT molecular complexity index is 229. The summed E-state index contributed by atoms with van der Waals surface area (Å²) >= 11 is 0. The molecule has 1 aliphatic heterocycles. The van der Waals surface area contributed by atoms with Crippen LogP contribution in [0.1, 0.15) is 46.0 Å².